The molecule has 200 valence electrons. The van der Waals surface area contributed by atoms with Gasteiger partial charge in [-0.3, -0.25) is 14.3 Å². The van der Waals surface area contributed by atoms with Crippen molar-refractivity contribution in [3.8, 4) is 11.1 Å². The van der Waals surface area contributed by atoms with Crippen molar-refractivity contribution in [1.29, 1.82) is 0 Å². The van der Waals surface area contributed by atoms with Gasteiger partial charge in [-0.15, -0.1) is 11.3 Å². The fourth-order valence-electron chi connectivity index (χ4n) is 3.73. The summed E-state index contributed by atoms with van der Waals surface area (Å²) in [6.07, 6.45) is -11.3. The van der Waals surface area contributed by atoms with Gasteiger partial charge in [0, 0.05) is 5.39 Å². The van der Waals surface area contributed by atoms with Crippen molar-refractivity contribution in [2.24, 2.45) is 5.73 Å². The maximum atomic E-state index is 13.6. The molecule has 0 aliphatic rings. The van der Waals surface area contributed by atoms with Crippen molar-refractivity contribution >= 4 is 39.1 Å². The summed E-state index contributed by atoms with van der Waals surface area (Å²) in [5.41, 5.74) is 2.19. The van der Waals surface area contributed by atoms with Gasteiger partial charge in [0.25, 0.3) is 18.8 Å². The molecule has 2 amide bonds. The van der Waals surface area contributed by atoms with Gasteiger partial charge >= 0.3 is 6.18 Å². The average Bonchev–Trinajstić information content (AvgIpc) is 3.46. The van der Waals surface area contributed by atoms with Gasteiger partial charge in [-0.05, 0) is 30.2 Å². The second kappa shape index (κ2) is 10.0. The summed E-state index contributed by atoms with van der Waals surface area (Å²) in [6.45, 7) is 1.10. The zero-order valence-corrected chi connectivity index (χ0v) is 19.9. The number of pyridine rings is 1. The van der Waals surface area contributed by atoms with Crippen LogP contribution in [0.25, 0.3) is 21.3 Å². The fraction of sp³-hybridized carbons (Fsp3) is 0.217. The number of thiophene rings is 1. The van der Waals surface area contributed by atoms with Crippen LogP contribution in [0.5, 0.6) is 0 Å². The van der Waals surface area contributed by atoms with Crippen molar-refractivity contribution < 1.29 is 40.3 Å². The quantitative estimate of drug-likeness (QED) is 0.258. The minimum absolute atomic E-state index is 0.0398. The number of hydrogen-bond acceptors (Lipinski definition) is 5. The number of primary amides is 1. The third-order valence-corrected chi connectivity index (χ3v) is 6.58. The first-order valence-electron chi connectivity index (χ1n) is 10.7. The molecule has 1 unspecified atom stereocenters. The first kappa shape index (κ1) is 27.0. The number of halogens is 7. The van der Waals surface area contributed by atoms with E-state index in [1.165, 1.54) is 12.1 Å². The number of nitrogens with two attached hydrogens (primary N) is 1. The molecular weight excluding hydrogens is 543 g/mol. The number of aromatic nitrogens is 3. The highest BCUT2D eigenvalue weighted by Crippen LogP contribution is 2.44. The van der Waals surface area contributed by atoms with Crippen LogP contribution >= 0.6 is 11.3 Å². The Hall–Kier alpha value is -4.01. The third kappa shape index (κ3) is 5.05. The van der Waals surface area contributed by atoms with E-state index in [0.29, 0.717) is 22.1 Å². The predicted octanol–water partition coefficient (Wildman–Crippen LogP) is 6.35. The maximum absolute atomic E-state index is 13.6. The van der Waals surface area contributed by atoms with Crippen LogP contribution in [-0.4, -0.2) is 26.6 Å². The van der Waals surface area contributed by atoms with Crippen LogP contribution in [0.1, 0.15) is 52.6 Å². The highest BCUT2D eigenvalue weighted by molar-refractivity contribution is 7.21. The minimum Gasteiger partial charge on any atom is -0.365 e. The summed E-state index contributed by atoms with van der Waals surface area (Å²) < 4.78 is 94.3. The standard InChI is InChI=1S/C23H16F7N5O2S/c1-9(35-13(19(26)27)8-12(34-35)18(24)25)21(37)33-16-15-11(10-5-3-2-4-6-10)7-14(23(28,29)30)32-22(15)38-17(16)20(31)36/h2-9,18-19H,1H3,(H2,31,36)(H,33,37). The number of nitrogens with one attached hydrogen (secondary N) is 1. The number of amides is 2. The molecule has 0 aliphatic heterocycles. The molecule has 0 spiro atoms. The predicted molar refractivity (Wildman–Crippen MR) is 124 cm³/mol. The zero-order chi connectivity index (χ0) is 27.9. The third-order valence-electron chi connectivity index (χ3n) is 5.49. The number of anilines is 1. The molecule has 4 aromatic rings. The molecular formula is C23H16F7N5O2S. The number of carbonyl (C=O) groups excluding carboxylic acids is 2. The molecule has 0 fully saturated rings. The molecule has 1 atom stereocenters. The van der Waals surface area contributed by atoms with E-state index in [4.69, 9.17) is 5.73 Å². The van der Waals surface area contributed by atoms with Crippen LogP contribution in [0.15, 0.2) is 42.5 Å². The van der Waals surface area contributed by atoms with Gasteiger partial charge in [0.1, 0.15) is 32.8 Å². The number of benzene rings is 1. The van der Waals surface area contributed by atoms with Crippen LogP contribution in [0, 0.1) is 0 Å². The first-order chi connectivity index (χ1) is 17.8. The SMILES string of the molecule is CC(C(=O)Nc1c(C(N)=O)sc2nc(C(F)(F)F)cc(-c3ccccc3)c12)n1nc(C(F)F)cc1C(F)F. The van der Waals surface area contributed by atoms with E-state index in [-0.39, 0.29) is 31.9 Å². The van der Waals surface area contributed by atoms with Crippen molar-refractivity contribution in [2.75, 3.05) is 5.32 Å². The molecule has 38 heavy (non-hydrogen) atoms. The van der Waals surface area contributed by atoms with E-state index < -0.39 is 54.0 Å². The number of nitrogens with zero attached hydrogens (tertiary/aromatic N) is 3. The molecule has 3 heterocycles. The number of alkyl halides is 7. The smallest absolute Gasteiger partial charge is 0.365 e. The Morgan fingerprint density at radius 1 is 1.05 bits per heavy atom. The molecule has 1 aromatic carbocycles. The fourth-order valence-corrected chi connectivity index (χ4v) is 4.74. The Morgan fingerprint density at radius 3 is 2.26 bits per heavy atom. The summed E-state index contributed by atoms with van der Waals surface area (Å²) >= 11 is 0.495. The van der Waals surface area contributed by atoms with Gasteiger partial charge in [-0.1, -0.05) is 30.3 Å². The first-order valence-corrected chi connectivity index (χ1v) is 11.5. The molecule has 15 heteroatoms. The van der Waals surface area contributed by atoms with E-state index in [1.807, 2.05) is 0 Å². The largest absolute Gasteiger partial charge is 0.433 e. The highest BCUT2D eigenvalue weighted by atomic mass is 32.1. The lowest BCUT2D eigenvalue weighted by Crippen LogP contribution is -2.27. The van der Waals surface area contributed by atoms with E-state index in [2.05, 4.69) is 15.4 Å². The summed E-state index contributed by atoms with van der Waals surface area (Å²) in [5, 5.41) is 5.70. The van der Waals surface area contributed by atoms with Crippen LogP contribution in [0.4, 0.5) is 36.4 Å². The number of carbonyl (C=O) groups is 2. The van der Waals surface area contributed by atoms with Crippen molar-refractivity contribution in [3.63, 3.8) is 0 Å². The van der Waals surface area contributed by atoms with Crippen LogP contribution in [-0.2, 0) is 11.0 Å². The summed E-state index contributed by atoms with van der Waals surface area (Å²) in [7, 11) is 0. The summed E-state index contributed by atoms with van der Waals surface area (Å²) in [4.78, 5) is 28.3. The van der Waals surface area contributed by atoms with Gasteiger partial charge in [-0.2, -0.15) is 18.3 Å². The topological polar surface area (TPSA) is 103 Å². The Bertz CT molecular complexity index is 1520. The summed E-state index contributed by atoms with van der Waals surface area (Å²) in [6, 6.07) is 7.34. The van der Waals surface area contributed by atoms with Gasteiger partial charge in [0.2, 0.25) is 5.91 Å². The molecule has 0 saturated carbocycles. The van der Waals surface area contributed by atoms with E-state index >= 15 is 0 Å². The van der Waals surface area contributed by atoms with Crippen LogP contribution in [0.2, 0.25) is 0 Å². The molecule has 0 bridgehead atoms. The van der Waals surface area contributed by atoms with Gasteiger partial charge in [0.05, 0.1) is 5.69 Å². The van der Waals surface area contributed by atoms with E-state index in [0.717, 1.165) is 13.0 Å². The number of fused-ring (bicyclic) bond motifs is 1. The maximum Gasteiger partial charge on any atom is 0.433 e. The molecule has 0 saturated heterocycles. The highest BCUT2D eigenvalue weighted by Gasteiger charge is 2.35. The molecule has 3 N–H and O–H groups in total. The van der Waals surface area contributed by atoms with Crippen molar-refractivity contribution in [2.45, 2.75) is 32.0 Å². The Labute approximate surface area is 213 Å². The number of hydrogen-bond donors (Lipinski definition) is 2. The normalized spacial score (nSPS) is 12.9. The lowest BCUT2D eigenvalue weighted by atomic mass is 10.0. The van der Waals surface area contributed by atoms with Crippen LogP contribution < -0.4 is 11.1 Å². The molecule has 4 rings (SSSR count). The number of rotatable bonds is 7. The lowest BCUT2D eigenvalue weighted by Gasteiger charge is -2.17. The van der Waals surface area contributed by atoms with Crippen molar-refractivity contribution in [3.05, 3.63) is 64.4 Å². The molecule has 3 aromatic heterocycles. The Balaban J connectivity index is 1.88. The molecule has 7 nitrogen and oxygen atoms in total. The summed E-state index contributed by atoms with van der Waals surface area (Å²) in [5.74, 6) is -2.17. The van der Waals surface area contributed by atoms with E-state index in [9.17, 15) is 40.3 Å². The van der Waals surface area contributed by atoms with Gasteiger partial charge < -0.3 is 11.1 Å². The molecule has 0 radical (unpaired) electrons. The molecule has 0 aliphatic carbocycles. The van der Waals surface area contributed by atoms with Gasteiger partial charge in [0.15, 0.2) is 0 Å². The average molecular weight is 559 g/mol. The van der Waals surface area contributed by atoms with Crippen molar-refractivity contribution in [1.82, 2.24) is 14.8 Å². The minimum atomic E-state index is -4.85. The second-order valence-corrected chi connectivity index (χ2v) is 8.97. The van der Waals surface area contributed by atoms with Gasteiger partial charge in [-0.25, -0.2) is 22.5 Å². The zero-order valence-electron chi connectivity index (χ0n) is 19.1. The van der Waals surface area contributed by atoms with Crippen LogP contribution in [0.3, 0.4) is 0 Å². The Kier molecular flexibility index (Phi) is 7.14. The second-order valence-electron chi connectivity index (χ2n) is 7.97. The lowest BCUT2D eigenvalue weighted by molar-refractivity contribution is -0.140. The Morgan fingerprint density at radius 2 is 1.71 bits per heavy atom. The monoisotopic (exact) mass is 559 g/mol. The van der Waals surface area contributed by atoms with E-state index in [1.54, 1.807) is 18.2 Å².